The maximum Gasteiger partial charge on any atom is 0.239 e. The number of carbonyl (C=O) groups is 1. The van der Waals surface area contributed by atoms with Crippen molar-refractivity contribution in [2.75, 3.05) is 30.8 Å². The van der Waals surface area contributed by atoms with Gasteiger partial charge in [0.2, 0.25) is 5.91 Å². The first-order chi connectivity index (χ1) is 9.13. The molecule has 1 aliphatic rings. The Labute approximate surface area is 113 Å². The van der Waals surface area contributed by atoms with Crippen molar-refractivity contribution < 1.29 is 4.79 Å². The van der Waals surface area contributed by atoms with Crippen LogP contribution in [0.25, 0.3) is 0 Å². The van der Waals surface area contributed by atoms with Gasteiger partial charge in [-0.2, -0.15) is 0 Å². The van der Waals surface area contributed by atoms with Crippen molar-refractivity contribution >= 4 is 17.5 Å². The summed E-state index contributed by atoms with van der Waals surface area (Å²) < 4.78 is 0. The molecule has 3 N–H and O–H groups in total. The van der Waals surface area contributed by atoms with Gasteiger partial charge in [0.1, 0.15) is 17.5 Å². The van der Waals surface area contributed by atoms with Gasteiger partial charge in [-0.05, 0) is 19.3 Å². The Kier molecular flexibility index (Phi) is 4.19. The number of aromatic nitrogens is 2. The summed E-state index contributed by atoms with van der Waals surface area (Å²) in [4.78, 5) is 22.3. The SMILES string of the molecule is CCCN(CC(=O)NC)c1cc(N)nc(C2CC2)n1. The Balaban J connectivity index is 2.21. The first-order valence-corrected chi connectivity index (χ1v) is 6.74. The molecule has 19 heavy (non-hydrogen) atoms. The summed E-state index contributed by atoms with van der Waals surface area (Å²) in [5.74, 6) is 2.46. The van der Waals surface area contributed by atoms with E-state index in [-0.39, 0.29) is 5.91 Å². The lowest BCUT2D eigenvalue weighted by atomic mass is 10.3. The number of anilines is 2. The van der Waals surface area contributed by atoms with E-state index < -0.39 is 0 Å². The van der Waals surface area contributed by atoms with Crippen LogP contribution in [0.15, 0.2) is 6.07 Å². The third kappa shape index (κ3) is 3.56. The Hall–Kier alpha value is -1.85. The zero-order valence-corrected chi connectivity index (χ0v) is 11.5. The minimum Gasteiger partial charge on any atom is -0.384 e. The van der Waals surface area contributed by atoms with Gasteiger partial charge < -0.3 is 16.0 Å². The van der Waals surface area contributed by atoms with Crippen LogP contribution in [0.1, 0.15) is 37.9 Å². The second-order valence-corrected chi connectivity index (χ2v) is 4.88. The number of amides is 1. The van der Waals surface area contributed by atoms with Crippen LogP contribution in [0, 0.1) is 0 Å². The van der Waals surface area contributed by atoms with Gasteiger partial charge in [0, 0.05) is 25.6 Å². The second kappa shape index (κ2) is 5.86. The van der Waals surface area contributed by atoms with Crippen molar-refractivity contribution in [1.29, 1.82) is 0 Å². The molecule has 2 rings (SSSR count). The van der Waals surface area contributed by atoms with E-state index in [0.717, 1.165) is 37.4 Å². The van der Waals surface area contributed by atoms with Gasteiger partial charge in [-0.1, -0.05) is 6.92 Å². The maximum atomic E-state index is 11.6. The van der Waals surface area contributed by atoms with Crippen molar-refractivity contribution in [3.63, 3.8) is 0 Å². The average Bonchev–Trinajstić information content (AvgIpc) is 3.21. The zero-order chi connectivity index (χ0) is 13.8. The third-order valence-corrected chi connectivity index (χ3v) is 3.12. The van der Waals surface area contributed by atoms with E-state index in [1.165, 1.54) is 0 Å². The fraction of sp³-hybridized carbons (Fsp3) is 0.615. The van der Waals surface area contributed by atoms with E-state index in [1.54, 1.807) is 13.1 Å². The highest BCUT2D eigenvalue weighted by atomic mass is 16.1. The van der Waals surface area contributed by atoms with E-state index in [4.69, 9.17) is 5.73 Å². The molecule has 1 amide bonds. The first-order valence-electron chi connectivity index (χ1n) is 6.74. The number of rotatable bonds is 6. The molecule has 0 aliphatic heterocycles. The Bertz CT molecular complexity index is 458. The predicted octanol–water partition coefficient (Wildman–Crippen LogP) is 0.899. The molecule has 1 saturated carbocycles. The van der Waals surface area contributed by atoms with Gasteiger partial charge in [-0.25, -0.2) is 9.97 Å². The molecular weight excluding hydrogens is 242 g/mol. The Morgan fingerprint density at radius 1 is 1.53 bits per heavy atom. The Morgan fingerprint density at radius 2 is 2.26 bits per heavy atom. The quantitative estimate of drug-likeness (QED) is 0.796. The first kappa shape index (κ1) is 13.6. The lowest BCUT2D eigenvalue weighted by Crippen LogP contribution is -2.36. The molecular formula is C13H21N5O. The van der Waals surface area contributed by atoms with Crippen LogP contribution in [0.2, 0.25) is 0 Å². The van der Waals surface area contributed by atoms with Gasteiger partial charge >= 0.3 is 0 Å². The van der Waals surface area contributed by atoms with Crippen LogP contribution < -0.4 is 16.0 Å². The monoisotopic (exact) mass is 263 g/mol. The van der Waals surface area contributed by atoms with Crippen molar-refractivity contribution in [1.82, 2.24) is 15.3 Å². The second-order valence-electron chi connectivity index (χ2n) is 4.88. The zero-order valence-electron chi connectivity index (χ0n) is 11.5. The number of hydrogen-bond donors (Lipinski definition) is 2. The van der Waals surface area contributed by atoms with Gasteiger partial charge in [0.25, 0.3) is 0 Å². The molecule has 1 aromatic heterocycles. The van der Waals surface area contributed by atoms with Crippen molar-refractivity contribution in [3.05, 3.63) is 11.9 Å². The molecule has 6 nitrogen and oxygen atoms in total. The fourth-order valence-electron chi connectivity index (χ4n) is 1.95. The maximum absolute atomic E-state index is 11.6. The lowest BCUT2D eigenvalue weighted by molar-refractivity contribution is -0.119. The summed E-state index contributed by atoms with van der Waals surface area (Å²) in [5.41, 5.74) is 5.84. The molecule has 0 aromatic carbocycles. The summed E-state index contributed by atoms with van der Waals surface area (Å²) in [6.07, 6.45) is 3.21. The van der Waals surface area contributed by atoms with E-state index >= 15 is 0 Å². The summed E-state index contributed by atoms with van der Waals surface area (Å²) in [7, 11) is 1.64. The largest absolute Gasteiger partial charge is 0.384 e. The van der Waals surface area contributed by atoms with Crippen molar-refractivity contribution in [3.8, 4) is 0 Å². The van der Waals surface area contributed by atoms with Crippen molar-refractivity contribution in [2.24, 2.45) is 0 Å². The number of likely N-dealkylation sites (N-methyl/N-ethyl adjacent to an activating group) is 1. The van der Waals surface area contributed by atoms with Crippen molar-refractivity contribution in [2.45, 2.75) is 32.1 Å². The van der Waals surface area contributed by atoms with E-state index in [2.05, 4.69) is 22.2 Å². The molecule has 1 heterocycles. The van der Waals surface area contributed by atoms with Gasteiger partial charge in [0.05, 0.1) is 6.54 Å². The summed E-state index contributed by atoms with van der Waals surface area (Å²) in [6, 6.07) is 1.74. The molecule has 0 saturated heterocycles. The van der Waals surface area contributed by atoms with Gasteiger partial charge in [-0.3, -0.25) is 4.79 Å². The molecule has 0 unspecified atom stereocenters. The molecule has 1 aromatic rings. The van der Waals surface area contributed by atoms with Crippen LogP contribution in [-0.4, -0.2) is 36.0 Å². The highest BCUT2D eigenvalue weighted by Gasteiger charge is 2.27. The highest BCUT2D eigenvalue weighted by molar-refractivity contribution is 5.80. The predicted molar refractivity (Wildman–Crippen MR) is 75.0 cm³/mol. The minimum atomic E-state index is -0.0291. The standard InChI is InChI=1S/C13H21N5O/c1-3-6-18(8-12(19)15-2)11-7-10(14)16-13(17-11)9-4-5-9/h7,9H,3-6,8H2,1-2H3,(H,15,19)(H2,14,16,17). The molecule has 0 bridgehead atoms. The third-order valence-electron chi connectivity index (χ3n) is 3.12. The molecule has 104 valence electrons. The smallest absolute Gasteiger partial charge is 0.239 e. The van der Waals surface area contributed by atoms with E-state index in [9.17, 15) is 4.79 Å². The van der Waals surface area contributed by atoms with Crippen LogP contribution in [0.3, 0.4) is 0 Å². The van der Waals surface area contributed by atoms with Crippen LogP contribution in [0.5, 0.6) is 0 Å². The number of nitrogen functional groups attached to an aromatic ring is 1. The van der Waals surface area contributed by atoms with Crippen LogP contribution in [0.4, 0.5) is 11.6 Å². The lowest BCUT2D eigenvalue weighted by Gasteiger charge is -2.22. The van der Waals surface area contributed by atoms with Gasteiger partial charge in [0.15, 0.2) is 0 Å². The molecule has 0 spiro atoms. The summed E-state index contributed by atoms with van der Waals surface area (Å²) >= 11 is 0. The highest BCUT2D eigenvalue weighted by Crippen LogP contribution is 2.38. The number of nitrogens with zero attached hydrogens (tertiary/aromatic N) is 3. The normalized spacial score (nSPS) is 14.2. The summed E-state index contributed by atoms with van der Waals surface area (Å²) in [6.45, 7) is 3.14. The molecule has 0 radical (unpaired) electrons. The van der Waals surface area contributed by atoms with Crippen LogP contribution >= 0.6 is 0 Å². The van der Waals surface area contributed by atoms with E-state index in [1.807, 2.05) is 4.90 Å². The fourth-order valence-corrected chi connectivity index (χ4v) is 1.95. The number of nitrogens with one attached hydrogen (secondary N) is 1. The minimum absolute atomic E-state index is 0.0291. The number of hydrogen-bond acceptors (Lipinski definition) is 5. The van der Waals surface area contributed by atoms with Gasteiger partial charge in [-0.15, -0.1) is 0 Å². The van der Waals surface area contributed by atoms with Crippen LogP contribution in [-0.2, 0) is 4.79 Å². The Morgan fingerprint density at radius 3 is 2.84 bits per heavy atom. The topological polar surface area (TPSA) is 84.1 Å². The summed E-state index contributed by atoms with van der Waals surface area (Å²) in [5, 5.41) is 2.63. The molecule has 1 aliphatic carbocycles. The average molecular weight is 263 g/mol. The van der Waals surface area contributed by atoms with E-state index in [0.29, 0.717) is 18.3 Å². The molecule has 6 heteroatoms. The molecule has 1 fully saturated rings. The number of carbonyl (C=O) groups excluding carboxylic acids is 1. The molecule has 0 atom stereocenters. The number of nitrogens with two attached hydrogens (primary N) is 1.